The van der Waals surface area contributed by atoms with Gasteiger partial charge in [0.1, 0.15) is 11.2 Å². The van der Waals surface area contributed by atoms with E-state index in [0.717, 1.165) is 153 Å². The van der Waals surface area contributed by atoms with Crippen LogP contribution in [-0.4, -0.2) is 48.2 Å². The van der Waals surface area contributed by atoms with Crippen LogP contribution in [0, 0.1) is 0 Å². The molecule has 22 aromatic rings. The van der Waals surface area contributed by atoms with Gasteiger partial charge in [0.15, 0.2) is 11.6 Å². The van der Waals surface area contributed by atoms with Gasteiger partial charge in [-0.3, -0.25) is 18.3 Å². The van der Waals surface area contributed by atoms with E-state index in [4.69, 9.17) is 34.3 Å². The van der Waals surface area contributed by atoms with Gasteiger partial charge in [0.05, 0.1) is 49.7 Å². The van der Waals surface area contributed by atoms with Crippen LogP contribution < -0.4 is 0 Å². The van der Waals surface area contributed by atoms with Crippen molar-refractivity contribution in [2.75, 3.05) is 0 Å². The minimum absolute atomic E-state index is 0.471. The van der Waals surface area contributed by atoms with Gasteiger partial charge in [-0.1, -0.05) is 237 Å². The highest BCUT2D eigenvalue weighted by Crippen LogP contribution is 2.45. The Morgan fingerprint density at radius 3 is 1.25 bits per heavy atom. The van der Waals surface area contributed by atoms with E-state index in [1.54, 1.807) is 11.3 Å². The number of benzene rings is 14. The van der Waals surface area contributed by atoms with Gasteiger partial charge in [-0.25, -0.2) is 0 Å². The van der Waals surface area contributed by atoms with Crippen LogP contribution >= 0.6 is 11.3 Å². The molecule has 0 fully saturated rings. The number of hydrogen-bond donors (Lipinski definition) is 0. The molecule has 0 unspecified atom stereocenters. The largest absolute Gasteiger partial charge is 0.455 e. The second kappa shape index (κ2) is 21.9. The van der Waals surface area contributed by atoms with Crippen molar-refractivity contribution in [1.82, 2.24) is 48.2 Å². The zero-order valence-corrected chi connectivity index (χ0v) is 55.1. The molecule has 0 N–H and O–H groups in total. The van der Waals surface area contributed by atoms with E-state index >= 15 is 0 Å². The first-order valence-corrected chi connectivity index (χ1v) is 35.0. The van der Waals surface area contributed by atoms with Crippen LogP contribution in [0.1, 0.15) is 0 Å². The fourth-order valence-electron chi connectivity index (χ4n) is 16.0. The molecule has 0 aliphatic rings. The van der Waals surface area contributed by atoms with Crippen molar-refractivity contribution >= 4 is 141 Å². The lowest BCUT2D eigenvalue weighted by Crippen LogP contribution is -2.10. The van der Waals surface area contributed by atoms with Crippen molar-refractivity contribution in [3.05, 3.63) is 315 Å². The molecule has 8 aromatic heterocycles. The number of hydrogen-bond acceptors (Lipinski definition) is 8. The molecule has 0 atom stereocenters. The van der Waals surface area contributed by atoms with Gasteiger partial charge in [-0.05, 0) is 112 Å². The third kappa shape index (κ3) is 8.41. The Morgan fingerprint density at radius 1 is 0.235 bits per heavy atom. The van der Waals surface area contributed by atoms with Gasteiger partial charge in [0.2, 0.25) is 23.8 Å². The van der Waals surface area contributed by atoms with Crippen LogP contribution in [0.25, 0.3) is 209 Å². The van der Waals surface area contributed by atoms with Crippen molar-refractivity contribution in [3.63, 3.8) is 0 Å². The van der Waals surface area contributed by atoms with Gasteiger partial charge in [-0.2, -0.15) is 29.9 Å². The third-order valence-corrected chi connectivity index (χ3v) is 21.8. The Labute approximate surface area is 585 Å². The first kappa shape index (κ1) is 56.3. The highest BCUT2D eigenvalue weighted by atomic mass is 32.1. The summed E-state index contributed by atoms with van der Waals surface area (Å²) < 4.78 is 18.0. The minimum atomic E-state index is 0.471. The lowest BCUT2D eigenvalue weighted by Gasteiger charge is -2.13. The number of rotatable bonds is 9. The maximum absolute atomic E-state index is 6.77. The first-order valence-electron chi connectivity index (χ1n) is 34.2. The van der Waals surface area contributed by atoms with E-state index in [2.05, 4.69) is 316 Å². The molecule has 0 saturated carbocycles. The van der Waals surface area contributed by atoms with Gasteiger partial charge in [0, 0.05) is 79.6 Å². The number of para-hydroxylation sites is 7. The van der Waals surface area contributed by atoms with E-state index in [9.17, 15) is 0 Å². The Morgan fingerprint density at radius 2 is 0.627 bits per heavy atom. The molecule has 0 aliphatic heterocycles. The monoisotopic (exact) mass is 1320 g/mol. The number of furan rings is 1. The summed E-state index contributed by atoms with van der Waals surface area (Å²) in [5.41, 5.74) is 17.5. The molecule has 0 saturated heterocycles. The van der Waals surface area contributed by atoms with E-state index < -0.39 is 0 Å². The summed E-state index contributed by atoms with van der Waals surface area (Å²) in [6.07, 6.45) is 0. The smallest absolute Gasteiger partial charge is 0.240 e. The van der Waals surface area contributed by atoms with Crippen molar-refractivity contribution < 1.29 is 4.42 Å². The minimum Gasteiger partial charge on any atom is -0.455 e. The van der Waals surface area contributed by atoms with Crippen molar-refractivity contribution in [3.8, 4) is 79.9 Å². The zero-order valence-electron chi connectivity index (χ0n) is 54.3. The Balaban J connectivity index is 0.731. The lowest BCUT2D eigenvalue weighted by atomic mass is 9.95. The Hall–Kier alpha value is -13.7. The summed E-state index contributed by atoms with van der Waals surface area (Å²) >= 11 is 1.77. The Kier molecular flexibility index (Phi) is 12.1. The molecule has 14 aromatic carbocycles. The van der Waals surface area contributed by atoms with Gasteiger partial charge < -0.3 is 4.42 Å². The molecular weight excluding hydrogens is 1270 g/mol. The normalized spacial score (nSPS) is 12.1. The molecule has 0 bridgehead atoms. The lowest BCUT2D eigenvalue weighted by molar-refractivity contribution is 0.669. The van der Waals surface area contributed by atoms with Crippen LogP contribution in [0.5, 0.6) is 0 Å². The second-order valence-electron chi connectivity index (χ2n) is 26.1. The highest BCUT2D eigenvalue weighted by Gasteiger charge is 2.27. The van der Waals surface area contributed by atoms with E-state index in [1.165, 1.54) is 15.5 Å². The van der Waals surface area contributed by atoms with E-state index in [0.29, 0.717) is 41.0 Å². The average Bonchev–Trinajstić information content (AvgIpc) is 1.63. The van der Waals surface area contributed by atoms with E-state index in [-0.39, 0.29) is 0 Å². The molecule has 0 radical (unpaired) electrons. The highest BCUT2D eigenvalue weighted by molar-refractivity contribution is 7.26. The SMILES string of the molecule is c1ccc(-c2ccc3c4ccccc4n(-c4nc(-c5cccc6c5oc5ccccc56)nc(-n5c6ccccc6c6c(-c7cccc(-c8ccc9c%10ccccc%10n(-c%10nc(-c%11cccc%12c%11sc%11ccccc%11%12)nc(-n%11c%12ccccc%12c%12ccccc%12%11)n%10)c9c8)c7)cccc65)n4)c3c2)cc1. The molecule has 0 aliphatic carbocycles. The maximum Gasteiger partial charge on any atom is 0.240 e. The van der Waals surface area contributed by atoms with Crippen LogP contribution in [0.15, 0.2) is 320 Å². The predicted octanol–water partition coefficient (Wildman–Crippen LogP) is 23.0. The van der Waals surface area contributed by atoms with Gasteiger partial charge in [-0.15, -0.1) is 11.3 Å². The zero-order chi connectivity index (χ0) is 66.7. The summed E-state index contributed by atoms with van der Waals surface area (Å²) in [5.74, 6) is 3.09. The third-order valence-electron chi connectivity index (χ3n) is 20.6. The fourth-order valence-corrected chi connectivity index (χ4v) is 17.2. The summed E-state index contributed by atoms with van der Waals surface area (Å²) in [6, 6.07) is 112. The molecular formula is C90H52N10OS. The van der Waals surface area contributed by atoms with Gasteiger partial charge in [0.25, 0.3) is 0 Å². The number of nitrogens with zero attached hydrogens (tertiary/aromatic N) is 10. The molecule has 12 heteroatoms. The topological polar surface area (TPSA) is 110 Å². The van der Waals surface area contributed by atoms with Crippen molar-refractivity contribution in [1.29, 1.82) is 0 Å². The quantitative estimate of drug-likeness (QED) is 0.142. The number of aromatic nitrogens is 10. The first-order chi connectivity index (χ1) is 50.6. The standard InChI is InChI=1S/C90H52N10OS/c1-2-22-53(23-3-1)55-46-48-63-61-28-6-13-40-74(61)99(78(63)51-55)89-92-85(70-36-19-34-67-65-30-9-16-44-80(65)101-83(67)70)91-88(96-89)98-76-42-15-8-32-69(76)82-58(33-21-43-77(82)98)57-25-18-24-54(50-57)56-47-49-64-62-29-7-14-41-75(62)100(79(64)52-56)90-94-86(71-37-20-35-68-66-31-10-17-45-81(66)102-84(68)71)93-87(95-90)97-72-38-11-4-26-59(72)60-27-5-12-39-73(60)97/h1-52H. The summed E-state index contributed by atoms with van der Waals surface area (Å²) in [5, 5.41) is 13.2. The molecule has 0 amide bonds. The number of thiophene rings is 1. The molecule has 11 nitrogen and oxygen atoms in total. The van der Waals surface area contributed by atoms with Crippen LogP contribution in [0.3, 0.4) is 0 Å². The van der Waals surface area contributed by atoms with Crippen molar-refractivity contribution in [2.45, 2.75) is 0 Å². The molecule has 474 valence electrons. The average molecular weight is 1320 g/mol. The molecule has 8 heterocycles. The molecule has 22 rings (SSSR count). The van der Waals surface area contributed by atoms with Crippen molar-refractivity contribution in [2.24, 2.45) is 0 Å². The summed E-state index contributed by atoms with van der Waals surface area (Å²) in [4.78, 5) is 33.4. The predicted molar refractivity (Wildman–Crippen MR) is 418 cm³/mol. The van der Waals surface area contributed by atoms with Crippen LogP contribution in [0.4, 0.5) is 0 Å². The fraction of sp³-hybridized carbons (Fsp3) is 0. The maximum atomic E-state index is 6.77. The summed E-state index contributed by atoms with van der Waals surface area (Å²) in [7, 11) is 0. The van der Waals surface area contributed by atoms with Crippen LogP contribution in [0.2, 0.25) is 0 Å². The van der Waals surface area contributed by atoms with Crippen LogP contribution in [-0.2, 0) is 0 Å². The van der Waals surface area contributed by atoms with Gasteiger partial charge >= 0.3 is 0 Å². The summed E-state index contributed by atoms with van der Waals surface area (Å²) in [6.45, 7) is 0. The second-order valence-corrected chi connectivity index (χ2v) is 27.2. The molecule has 0 spiro atoms. The Bertz CT molecular complexity index is 7240. The number of fused-ring (bicyclic) bond motifs is 18. The molecule has 102 heavy (non-hydrogen) atoms. The van der Waals surface area contributed by atoms with E-state index in [1.807, 2.05) is 18.2 Å².